The summed E-state index contributed by atoms with van der Waals surface area (Å²) >= 11 is 1.24. The van der Waals surface area contributed by atoms with Crippen molar-refractivity contribution in [2.45, 2.75) is 58.7 Å². The topological polar surface area (TPSA) is 115 Å². The van der Waals surface area contributed by atoms with E-state index in [-0.39, 0.29) is 29.5 Å². The minimum atomic E-state index is -0.410. The van der Waals surface area contributed by atoms with Crippen molar-refractivity contribution >= 4 is 35.2 Å². The van der Waals surface area contributed by atoms with Gasteiger partial charge in [-0.1, -0.05) is 56.8 Å². The van der Waals surface area contributed by atoms with Gasteiger partial charge in [0, 0.05) is 11.3 Å². The first-order valence-electron chi connectivity index (χ1n) is 14.1. The molecule has 0 bridgehead atoms. The van der Waals surface area contributed by atoms with Crippen LogP contribution < -0.4 is 10.6 Å². The van der Waals surface area contributed by atoms with Crippen LogP contribution >= 0.6 is 11.8 Å². The first-order valence-corrected chi connectivity index (χ1v) is 15.1. The van der Waals surface area contributed by atoms with Crippen LogP contribution in [0.25, 0.3) is 5.69 Å². The zero-order chi connectivity index (χ0) is 31.1. The van der Waals surface area contributed by atoms with E-state index in [4.69, 9.17) is 4.74 Å². The third-order valence-electron chi connectivity index (χ3n) is 6.74. The van der Waals surface area contributed by atoms with Crippen LogP contribution in [0.4, 0.5) is 5.69 Å². The number of thioether (sulfide) groups is 1. The van der Waals surface area contributed by atoms with Crippen molar-refractivity contribution in [2.24, 2.45) is 0 Å². The Bertz CT molecular complexity index is 1610. The fourth-order valence-electron chi connectivity index (χ4n) is 4.32. The van der Waals surface area contributed by atoms with E-state index < -0.39 is 5.97 Å². The first-order chi connectivity index (χ1) is 20.5. The van der Waals surface area contributed by atoms with Crippen LogP contribution in [0.2, 0.25) is 0 Å². The van der Waals surface area contributed by atoms with Crippen LogP contribution in [0.5, 0.6) is 0 Å². The number of anilines is 1. The zero-order valence-corrected chi connectivity index (χ0v) is 26.2. The lowest BCUT2D eigenvalue weighted by Gasteiger charge is -2.19. The molecule has 43 heavy (non-hydrogen) atoms. The molecule has 4 rings (SSSR count). The van der Waals surface area contributed by atoms with Gasteiger partial charge >= 0.3 is 5.97 Å². The Morgan fingerprint density at radius 3 is 2.23 bits per heavy atom. The number of hydrogen-bond acceptors (Lipinski definition) is 7. The van der Waals surface area contributed by atoms with Gasteiger partial charge in [0.05, 0.1) is 30.2 Å². The van der Waals surface area contributed by atoms with Gasteiger partial charge in [0.2, 0.25) is 5.91 Å². The van der Waals surface area contributed by atoms with E-state index in [0.717, 1.165) is 22.4 Å². The standard InChI is InChI=1S/C33H37N5O4S/c1-7-42-31(41)24-12-16-26(17-13-24)35-29(39)20-43-32-37-36-28(38(32)27-18-21(2)8-9-22(27)3)19-34-30(40)23-10-14-25(15-11-23)33(4,5)6/h8-18H,7,19-20H2,1-6H3,(H,34,40)(H,35,39). The molecule has 0 radical (unpaired) electrons. The summed E-state index contributed by atoms with van der Waals surface area (Å²) < 4.78 is 6.89. The number of nitrogens with zero attached hydrogens (tertiary/aromatic N) is 3. The van der Waals surface area contributed by atoms with Crippen LogP contribution in [0.15, 0.2) is 71.9 Å². The average Bonchev–Trinajstić information content (AvgIpc) is 3.38. The summed E-state index contributed by atoms with van der Waals surface area (Å²) in [5.74, 6) is -0.232. The maximum atomic E-state index is 13.0. The monoisotopic (exact) mass is 599 g/mol. The molecule has 1 aromatic heterocycles. The van der Waals surface area contributed by atoms with Gasteiger partial charge in [0.1, 0.15) is 0 Å². The third kappa shape index (κ3) is 8.10. The minimum Gasteiger partial charge on any atom is -0.462 e. The number of ether oxygens (including phenoxy) is 1. The highest BCUT2D eigenvalue weighted by Crippen LogP contribution is 2.26. The smallest absolute Gasteiger partial charge is 0.338 e. The van der Waals surface area contributed by atoms with Gasteiger partial charge in [0.15, 0.2) is 11.0 Å². The van der Waals surface area contributed by atoms with E-state index in [1.165, 1.54) is 11.8 Å². The predicted molar refractivity (Wildman–Crippen MR) is 169 cm³/mol. The van der Waals surface area contributed by atoms with Crippen molar-refractivity contribution in [3.63, 3.8) is 0 Å². The third-order valence-corrected chi connectivity index (χ3v) is 7.67. The van der Waals surface area contributed by atoms with Crippen molar-refractivity contribution < 1.29 is 19.1 Å². The molecule has 0 fully saturated rings. The summed E-state index contributed by atoms with van der Waals surface area (Å²) in [5, 5.41) is 15.1. The molecule has 10 heteroatoms. The molecule has 0 unspecified atom stereocenters. The summed E-state index contributed by atoms with van der Waals surface area (Å²) in [5.41, 5.74) is 5.63. The first kappa shape index (κ1) is 31.5. The molecular formula is C33H37N5O4S. The van der Waals surface area contributed by atoms with E-state index in [1.54, 1.807) is 31.2 Å². The van der Waals surface area contributed by atoms with Crippen molar-refractivity contribution in [3.05, 3.63) is 100 Å². The Labute approximate surface area is 256 Å². The van der Waals surface area contributed by atoms with E-state index in [1.807, 2.05) is 60.9 Å². The molecule has 0 aliphatic heterocycles. The lowest BCUT2D eigenvalue weighted by molar-refractivity contribution is -0.113. The zero-order valence-electron chi connectivity index (χ0n) is 25.4. The second-order valence-corrected chi connectivity index (χ2v) is 12.1. The number of aromatic nitrogens is 3. The van der Waals surface area contributed by atoms with E-state index >= 15 is 0 Å². The van der Waals surface area contributed by atoms with Crippen LogP contribution in [0, 0.1) is 13.8 Å². The number of aryl methyl sites for hydroxylation is 2. The molecule has 2 N–H and O–H groups in total. The highest BCUT2D eigenvalue weighted by atomic mass is 32.2. The summed E-state index contributed by atoms with van der Waals surface area (Å²) in [6.07, 6.45) is 0. The van der Waals surface area contributed by atoms with Gasteiger partial charge in [-0.05, 0) is 85.3 Å². The number of nitrogens with one attached hydrogen (secondary N) is 2. The molecule has 224 valence electrons. The van der Waals surface area contributed by atoms with Crippen molar-refractivity contribution in [1.82, 2.24) is 20.1 Å². The summed E-state index contributed by atoms with van der Waals surface area (Å²) in [6, 6.07) is 20.2. The lowest BCUT2D eigenvalue weighted by Crippen LogP contribution is -2.25. The lowest BCUT2D eigenvalue weighted by atomic mass is 9.87. The van der Waals surface area contributed by atoms with E-state index in [0.29, 0.717) is 34.4 Å². The highest BCUT2D eigenvalue weighted by Gasteiger charge is 2.19. The summed E-state index contributed by atoms with van der Waals surface area (Å²) in [7, 11) is 0. The Hall–Kier alpha value is -4.44. The molecule has 2 amide bonds. The summed E-state index contributed by atoms with van der Waals surface area (Å²) in [4.78, 5) is 37.7. The van der Waals surface area contributed by atoms with E-state index in [2.05, 4.69) is 41.6 Å². The Morgan fingerprint density at radius 2 is 1.58 bits per heavy atom. The molecule has 0 atom stereocenters. The number of carbonyl (C=O) groups excluding carboxylic acids is 3. The normalized spacial score (nSPS) is 11.2. The van der Waals surface area contributed by atoms with Crippen molar-refractivity contribution in [1.29, 1.82) is 0 Å². The largest absolute Gasteiger partial charge is 0.462 e. The molecule has 0 aliphatic rings. The SMILES string of the molecule is CCOC(=O)c1ccc(NC(=O)CSc2nnc(CNC(=O)c3ccc(C(C)(C)C)cc3)n2-c2cc(C)ccc2C)cc1. The molecule has 0 saturated heterocycles. The van der Waals surface area contributed by atoms with Gasteiger partial charge in [-0.15, -0.1) is 10.2 Å². The molecule has 9 nitrogen and oxygen atoms in total. The van der Waals surface area contributed by atoms with Crippen LogP contribution in [-0.2, 0) is 21.5 Å². The van der Waals surface area contributed by atoms with Crippen LogP contribution in [0.1, 0.15) is 70.9 Å². The number of benzene rings is 3. The van der Waals surface area contributed by atoms with Crippen LogP contribution in [-0.4, -0.2) is 44.9 Å². The number of rotatable bonds is 10. The number of esters is 1. The molecule has 0 saturated carbocycles. The molecule has 1 heterocycles. The van der Waals surface area contributed by atoms with Crippen LogP contribution in [0.3, 0.4) is 0 Å². The highest BCUT2D eigenvalue weighted by molar-refractivity contribution is 7.99. The van der Waals surface area contributed by atoms with Gasteiger partial charge in [0.25, 0.3) is 5.91 Å². The Morgan fingerprint density at radius 1 is 0.907 bits per heavy atom. The fraction of sp³-hybridized carbons (Fsp3) is 0.303. The van der Waals surface area contributed by atoms with Gasteiger partial charge < -0.3 is 15.4 Å². The average molecular weight is 600 g/mol. The van der Waals surface area contributed by atoms with E-state index in [9.17, 15) is 14.4 Å². The van der Waals surface area contributed by atoms with Gasteiger partial charge in [-0.2, -0.15) is 0 Å². The predicted octanol–water partition coefficient (Wildman–Crippen LogP) is 6.02. The molecule has 4 aromatic rings. The fourth-order valence-corrected chi connectivity index (χ4v) is 5.09. The minimum absolute atomic E-state index is 0.00316. The molecular weight excluding hydrogens is 562 g/mol. The maximum Gasteiger partial charge on any atom is 0.338 e. The Balaban J connectivity index is 1.48. The quantitative estimate of drug-likeness (QED) is 0.169. The second kappa shape index (κ2) is 13.7. The molecule has 3 aromatic carbocycles. The van der Waals surface area contributed by atoms with Gasteiger partial charge in [-0.25, -0.2) is 4.79 Å². The summed E-state index contributed by atoms with van der Waals surface area (Å²) in [6.45, 7) is 12.6. The molecule has 0 spiro atoms. The Kier molecular flexibility index (Phi) is 10.0. The number of amides is 2. The van der Waals surface area contributed by atoms with Gasteiger partial charge in [-0.3, -0.25) is 14.2 Å². The number of hydrogen-bond donors (Lipinski definition) is 2. The maximum absolute atomic E-state index is 13.0. The number of carbonyl (C=O) groups is 3. The second-order valence-electron chi connectivity index (χ2n) is 11.2. The van der Waals surface area contributed by atoms with Crippen molar-refractivity contribution in [2.75, 3.05) is 17.7 Å². The van der Waals surface area contributed by atoms with Crippen molar-refractivity contribution in [3.8, 4) is 5.69 Å². The molecule has 0 aliphatic carbocycles.